The van der Waals surface area contributed by atoms with Crippen molar-refractivity contribution in [3.63, 3.8) is 0 Å². The Hall–Kier alpha value is -1.86. The fourth-order valence-electron chi connectivity index (χ4n) is 2.64. The molecule has 0 saturated carbocycles. The van der Waals surface area contributed by atoms with Crippen molar-refractivity contribution in [1.82, 2.24) is 19.7 Å². The highest BCUT2D eigenvalue weighted by Gasteiger charge is 2.19. The van der Waals surface area contributed by atoms with Crippen molar-refractivity contribution >= 4 is 17.7 Å². The molecule has 6 nitrogen and oxygen atoms in total. The number of aryl methyl sites for hydroxylation is 2. The minimum absolute atomic E-state index is 0.122. The van der Waals surface area contributed by atoms with Crippen molar-refractivity contribution in [2.24, 2.45) is 0 Å². The Kier molecular flexibility index (Phi) is 5.52. The highest BCUT2D eigenvalue weighted by Crippen LogP contribution is 2.22. The number of aromatic nitrogens is 3. The average Bonchev–Trinajstić information content (AvgIpc) is 3.01. The van der Waals surface area contributed by atoms with Gasteiger partial charge in [-0.3, -0.25) is 9.36 Å². The summed E-state index contributed by atoms with van der Waals surface area (Å²) in [5.41, 5.74) is 2.32. The predicted molar refractivity (Wildman–Crippen MR) is 93.6 cm³/mol. The van der Waals surface area contributed by atoms with Gasteiger partial charge in [0.1, 0.15) is 5.82 Å². The molecule has 1 aromatic heterocycles. The zero-order chi connectivity index (χ0) is 16.9. The standard InChI is InChI=1S/C17H22N4O2S/c1-3-14-4-6-15(7-5-14)21-13(2)18-19-17(21)24-12-16(22)20-8-10-23-11-9-20/h4-7H,3,8-12H2,1-2H3. The summed E-state index contributed by atoms with van der Waals surface area (Å²) in [7, 11) is 0. The lowest BCUT2D eigenvalue weighted by molar-refractivity contribution is -0.132. The predicted octanol–water partition coefficient (Wildman–Crippen LogP) is 2.09. The molecule has 1 fully saturated rings. The van der Waals surface area contributed by atoms with E-state index < -0.39 is 0 Å². The van der Waals surface area contributed by atoms with E-state index in [-0.39, 0.29) is 5.91 Å². The van der Waals surface area contributed by atoms with Crippen LogP contribution >= 0.6 is 11.8 Å². The van der Waals surface area contributed by atoms with Crippen LogP contribution in [0.4, 0.5) is 0 Å². The van der Waals surface area contributed by atoms with Crippen LogP contribution in [-0.2, 0) is 16.0 Å². The van der Waals surface area contributed by atoms with Crippen LogP contribution in [-0.4, -0.2) is 57.6 Å². The van der Waals surface area contributed by atoms with Crippen LogP contribution in [0.2, 0.25) is 0 Å². The number of morpholine rings is 1. The van der Waals surface area contributed by atoms with Gasteiger partial charge in [-0.2, -0.15) is 0 Å². The molecule has 0 N–H and O–H groups in total. The van der Waals surface area contributed by atoms with E-state index in [1.54, 1.807) is 0 Å². The smallest absolute Gasteiger partial charge is 0.233 e. The maximum absolute atomic E-state index is 12.3. The lowest BCUT2D eigenvalue weighted by Crippen LogP contribution is -2.41. The van der Waals surface area contributed by atoms with Gasteiger partial charge in [0.2, 0.25) is 5.91 Å². The number of carbonyl (C=O) groups excluding carboxylic acids is 1. The molecule has 7 heteroatoms. The minimum Gasteiger partial charge on any atom is -0.378 e. The Morgan fingerprint density at radius 2 is 1.92 bits per heavy atom. The van der Waals surface area contributed by atoms with E-state index in [9.17, 15) is 4.79 Å². The molecule has 0 bridgehead atoms. The molecule has 0 aliphatic carbocycles. The third-order valence-corrected chi connectivity index (χ3v) is 5.00. The fourth-order valence-corrected chi connectivity index (χ4v) is 3.55. The zero-order valence-corrected chi connectivity index (χ0v) is 14.9. The van der Waals surface area contributed by atoms with E-state index in [0.717, 1.165) is 23.1 Å². The van der Waals surface area contributed by atoms with Crippen molar-refractivity contribution in [3.8, 4) is 5.69 Å². The van der Waals surface area contributed by atoms with Crippen LogP contribution in [0.1, 0.15) is 18.3 Å². The molecule has 1 amide bonds. The maximum Gasteiger partial charge on any atom is 0.233 e. The highest BCUT2D eigenvalue weighted by molar-refractivity contribution is 7.99. The van der Waals surface area contributed by atoms with E-state index in [2.05, 4.69) is 41.4 Å². The zero-order valence-electron chi connectivity index (χ0n) is 14.1. The third-order valence-electron chi connectivity index (χ3n) is 4.09. The molecule has 0 unspecified atom stereocenters. The molecule has 2 aromatic rings. The topological polar surface area (TPSA) is 60.2 Å². The first-order valence-corrected chi connectivity index (χ1v) is 9.17. The summed E-state index contributed by atoms with van der Waals surface area (Å²) in [5, 5.41) is 9.15. The molecule has 0 spiro atoms. The Bertz CT molecular complexity index is 693. The number of rotatable bonds is 5. The second-order valence-corrected chi connectivity index (χ2v) is 6.61. The summed E-state index contributed by atoms with van der Waals surface area (Å²) in [6.45, 7) is 6.64. The van der Waals surface area contributed by atoms with Gasteiger partial charge < -0.3 is 9.64 Å². The normalized spacial score (nSPS) is 14.8. The quantitative estimate of drug-likeness (QED) is 0.776. The van der Waals surface area contributed by atoms with Crippen LogP contribution in [0, 0.1) is 6.92 Å². The first-order valence-electron chi connectivity index (χ1n) is 8.18. The lowest BCUT2D eigenvalue weighted by Gasteiger charge is -2.26. The number of carbonyl (C=O) groups is 1. The van der Waals surface area contributed by atoms with Gasteiger partial charge >= 0.3 is 0 Å². The summed E-state index contributed by atoms with van der Waals surface area (Å²) < 4.78 is 7.28. The molecule has 3 rings (SSSR count). The number of ether oxygens (including phenoxy) is 1. The van der Waals surface area contributed by atoms with Crippen molar-refractivity contribution < 1.29 is 9.53 Å². The Labute approximate surface area is 146 Å². The number of hydrogen-bond acceptors (Lipinski definition) is 5. The molecule has 128 valence electrons. The van der Waals surface area contributed by atoms with Gasteiger partial charge in [-0.05, 0) is 31.0 Å². The van der Waals surface area contributed by atoms with Crippen LogP contribution in [0.3, 0.4) is 0 Å². The minimum atomic E-state index is 0.122. The van der Waals surface area contributed by atoms with Crippen molar-refractivity contribution in [1.29, 1.82) is 0 Å². The molecule has 0 radical (unpaired) electrons. The summed E-state index contributed by atoms with van der Waals surface area (Å²) >= 11 is 1.43. The molecular formula is C17H22N4O2S. The number of nitrogens with zero attached hydrogens (tertiary/aromatic N) is 4. The van der Waals surface area contributed by atoms with E-state index >= 15 is 0 Å². The van der Waals surface area contributed by atoms with E-state index in [0.29, 0.717) is 32.1 Å². The van der Waals surface area contributed by atoms with Gasteiger partial charge in [-0.15, -0.1) is 10.2 Å². The van der Waals surface area contributed by atoms with E-state index in [4.69, 9.17) is 4.74 Å². The Morgan fingerprint density at radius 1 is 1.21 bits per heavy atom. The first-order chi connectivity index (χ1) is 11.7. The van der Waals surface area contributed by atoms with Crippen LogP contribution in [0.5, 0.6) is 0 Å². The van der Waals surface area contributed by atoms with Crippen LogP contribution < -0.4 is 0 Å². The molecule has 1 aliphatic rings. The monoisotopic (exact) mass is 346 g/mol. The molecule has 24 heavy (non-hydrogen) atoms. The largest absolute Gasteiger partial charge is 0.378 e. The average molecular weight is 346 g/mol. The van der Waals surface area contributed by atoms with Crippen LogP contribution in [0.15, 0.2) is 29.4 Å². The van der Waals surface area contributed by atoms with Gasteiger partial charge in [-0.1, -0.05) is 30.8 Å². The van der Waals surface area contributed by atoms with E-state index in [1.807, 2.05) is 16.4 Å². The summed E-state index contributed by atoms with van der Waals surface area (Å²) in [6, 6.07) is 8.37. The van der Waals surface area contributed by atoms with Crippen molar-refractivity contribution in [3.05, 3.63) is 35.7 Å². The second-order valence-electron chi connectivity index (χ2n) is 5.67. The van der Waals surface area contributed by atoms with Gasteiger partial charge in [0.15, 0.2) is 5.16 Å². The Morgan fingerprint density at radius 3 is 2.58 bits per heavy atom. The highest BCUT2D eigenvalue weighted by atomic mass is 32.2. The number of amides is 1. The summed E-state index contributed by atoms with van der Waals surface area (Å²) in [5.74, 6) is 1.31. The van der Waals surface area contributed by atoms with Gasteiger partial charge in [-0.25, -0.2) is 0 Å². The van der Waals surface area contributed by atoms with Gasteiger partial charge in [0.25, 0.3) is 0 Å². The van der Waals surface area contributed by atoms with Crippen molar-refractivity contribution in [2.45, 2.75) is 25.4 Å². The molecule has 2 heterocycles. The van der Waals surface area contributed by atoms with Gasteiger partial charge in [0.05, 0.1) is 19.0 Å². The maximum atomic E-state index is 12.3. The van der Waals surface area contributed by atoms with Crippen molar-refractivity contribution in [2.75, 3.05) is 32.1 Å². The molecule has 1 aromatic carbocycles. The van der Waals surface area contributed by atoms with Crippen LogP contribution in [0.25, 0.3) is 5.69 Å². The number of thioether (sulfide) groups is 1. The second kappa shape index (κ2) is 7.81. The first kappa shape index (κ1) is 17.0. The summed E-state index contributed by atoms with van der Waals surface area (Å²) in [6.07, 6.45) is 1.01. The molecular weight excluding hydrogens is 324 g/mol. The van der Waals surface area contributed by atoms with E-state index in [1.165, 1.54) is 17.3 Å². The number of hydrogen-bond donors (Lipinski definition) is 0. The molecule has 1 saturated heterocycles. The lowest BCUT2D eigenvalue weighted by atomic mass is 10.1. The number of benzene rings is 1. The molecule has 1 aliphatic heterocycles. The summed E-state index contributed by atoms with van der Waals surface area (Å²) in [4.78, 5) is 14.1. The Balaban J connectivity index is 1.71. The van der Waals surface area contributed by atoms with Gasteiger partial charge in [0, 0.05) is 18.8 Å². The fraction of sp³-hybridized carbons (Fsp3) is 0.471. The third kappa shape index (κ3) is 3.79. The SMILES string of the molecule is CCc1ccc(-n2c(C)nnc2SCC(=O)N2CCOCC2)cc1. The molecule has 0 atom stereocenters.